The Labute approximate surface area is 421 Å². The van der Waals surface area contributed by atoms with Crippen molar-refractivity contribution in [3.63, 3.8) is 0 Å². The maximum absolute atomic E-state index is 6.96. The van der Waals surface area contributed by atoms with Crippen molar-refractivity contribution in [2.45, 2.75) is 32.7 Å². The molecule has 0 amide bonds. The summed E-state index contributed by atoms with van der Waals surface area (Å²) in [5.74, 6) is -0.0156. The van der Waals surface area contributed by atoms with Crippen LogP contribution in [0.2, 0.25) is 0 Å². The highest BCUT2D eigenvalue weighted by Crippen LogP contribution is 2.49. The maximum atomic E-state index is 6.96. The molecule has 1 aliphatic heterocycles. The Morgan fingerprint density at radius 2 is 1.11 bits per heavy atom. The molecule has 0 fully saturated rings. The number of nitrogens with zero attached hydrogens (tertiary/aromatic N) is 3. The van der Waals surface area contributed by atoms with Crippen molar-refractivity contribution in [1.82, 2.24) is 9.13 Å². The molecular weight excluding hydrogens is 891 g/mol. The molecule has 3 unspecified atom stereocenters. The molecule has 4 aromatic heterocycles. The summed E-state index contributed by atoms with van der Waals surface area (Å²) in [6.45, 7) is 4.71. The number of allylic oxidation sites excluding steroid dienone is 1. The summed E-state index contributed by atoms with van der Waals surface area (Å²) in [6, 6.07) is 76.8. The molecule has 14 aromatic rings. The van der Waals surface area contributed by atoms with E-state index in [0.29, 0.717) is 0 Å². The lowest BCUT2D eigenvalue weighted by Crippen LogP contribution is -2.22. The third kappa shape index (κ3) is 6.31. The van der Waals surface area contributed by atoms with Gasteiger partial charge < -0.3 is 18.0 Å². The third-order valence-electron chi connectivity index (χ3n) is 16.0. The van der Waals surface area contributed by atoms with Crippen LogP contribution in [0.4, 0.5) is 0 Å². The number of aromatic nitrogens is 2. The molecule has 0 spiro atoms. The number of hydrogen-bond acceptors (Lipinski definition) is 3. The number of benzene rings is 10. The van der Waals surface area contributed by atoms with Crippen LogP contribution in [-0.4, -0.2) is 14.8 Å². The molecule has 3 atom stereocenters. The van der Waals surface area contributed by atoms with E-state index in [-0.39, 0.29) is 17.9 Å². The number of fused-ring (bicyclic) bond motifs is 13. The summed E-state index contributed by atoms with van der Waals surface area (Å²) in [6.07, 6.45) is 4.16. The second kappa shape index (κ2) is 16.3. The van der Waals surface area contributed by atoms with E-state index in [1.807, 2.05) is 0 Å². The predicted octanol–water partition coefficient (Wildman–Crippen LogP) is 18.5. The third-order valence-corrected chi connectivity index (χ3v) is 16.0. The van der Waals surface area contributed by atoms with Crippen LogP contribution in [0.25, 0.3) is 115 Å². The highest BCUT2D eigenvalue weighted by Gasteiger charge is 2.34. The SMILES string of the molecule is CCC1/C(c2cccc3c2oc2ccccc23)=C/CC(C)C(c2cc(-n3c4ccccc4c4cc5ccccc5cc43)cc3oc4ccccc4c23)=NC1c1cccc2c3ccccc3n(-c3ccccc3)c12. The molecule has 0 radical (unpaired) electrons. The van der Waals surface area contributed by atoms with Gasteiger partial charge in [-0.2, -0.15) is 0 Å². The predicted molar refractivity (Wildman–Crippen MR) is 305 cm³/mol. The summed E-state index contributed by atoms with van der Waals surface area (Å²) < 4.78 is 18.7. The zero-order valence-electron chi connectivity index (χ0n) is 40.6. The molecule has 73 heavy (non-hydrogen) atoms. The first-order chi connectivity index (χ1) is 36.1. The van der Waals surface area contributed by atoms with Gasteiger partial charge in [0, 0.05) is 89.1 Å². The molecular formula is C68H49N3O2. The number of furan rings is 2. The molecule has 1 aliphatic rings. The van der Waals surface area contributed by atoms with Crippen LogP contribution in [0.1, 0.15) is 49.4 Å². The Balaban J connectivity index is 1.04. The minimum atomic E-state index is -0.305. The number of para-hydroxylation sites is 7. The van der Waals surface area contributed by atoms with Crippen molar-refractivity contribution in [2.75, 3.05) is 0 Å². The molecule has 0 bridgehead atoms. The Hall–Kier alpha value is -8.93. The van der Waals surface area contributed by atoms with Crippen LogP contribution in [0, 0.1) is 11.8 Å². The van der Waals surface area contributed by atoms with Gasteiger partial charge >= 0.3 is 0 Å². The Morgan fingerprint density at radius 3 is 1.90 bits per heavy atom. The second-order valence-corrected chi connectivity index (χ2v) is 20.0. The van der Waals surface area contributed by atoms with Crippen LogP contribution in [0.3, 0.4) is 0 Å². The van der Waals surface area contributed by atoms with Gasteiger partial charge in [-0.3, -0.25) is 4.99 Å². The monoisotopic (exact) mass is 939 g/mol. The van der Waals surface area contributed by atoms with Gasteiger partial charge in [-0.05, 0) is 83.8 Å². The van der Waals surface area contributed by atoms with E-state index < -0.39 is 0 Å². The standard InChI is InChI=1S/C68H49N3O2/c1-3-46-47(52-28-18-29-53-50-25-11-15-33-61(50)73-68(52)53)36-35-41(2)65(69-66(46)55-30-17-27-51-48-23-9-14-32-59(48)71(67(51)55)44-21-5-4-6-22-44)57-39-45(40-63-64(57)54-26-12-16-34-62(54)72-63)70-58-31-13-10-24-49(58)56-37-42-19-7-8-20-43(42)38-60(56)70/h4-34,36-41,46,66H,3,35H2,1-2H3/b47-36-,69-65?. The summed E-state index contributed by atoms with van der Waals surface area (Å²) in [4.78, 5) is 6.37. The molecule has 0 N–H and O–H groups in total. The molecule has 5 nitrogen and oxygen atoms in total. The first-order valence-corrected chi connectivity index (χ1v) is 25.7. The first kappa shape index (κ1) is 41.8. The van der Waals surface area contributed by atoms with Gasteiger partial charge in [0.25, 0.3) is 0 Å². The fourth-order valence-corrected chi connectivity index (χ4v) is 12.7. The van der Waals surface area contributed by atoms with E-state index >= 15 is 0 Å². The maximum Gasteiger partial charge on any atom is 0.142 e. The molecule has 5 heteroatoms. The highest BCUT2D eigenvalue weighted by atomic mass is 16.3. The van der Waals surface area contributed by atoms with E-state index in [1.165, 1.54) is 54.5 Å². The van der Waals surface area contributed by atoms with E-state index in [2.05, 4.69) is 241 Å². The summed E-state index contributed by atoms with van der Waals surface area (Å²) >= 11 is 0. The van der Waals surface area contributed by atoms with E-state index in [4.69, 9.17) is 13.8 Å². The van der Waals surface area contributed by atoms with Crippen LogP contribution >= 0.6 is 0 Å². The van der Waals surface area contributed by atoms with Gasteiger partial charge in [0.1, 0.15) is 22.3 Å². The molecule has 0 saturated heterocycles. The first-order valence-electron chi connectivity index (χ1n) is 25.7. The van der Waals surface area contributed by atoms with Crippen LogP contribution in [0.5, 0.6) is 0 Å². The Morgan fingerprint density at radius 1 is 0.479 bits per heavy atom. The lowest BCUT2D eigenvalue weighted by Gasteiger charge is -2.32. The van der Waals surface area contributed by atoms with Crippen LogP contribution < -0.4 is 0 Å². The van der Waals surface area contributed by atoms with Crippen molar-refractivity contribution >= 4 is 110 Å². The normalized spacial score (nSPS) is 17.4. The van der Waals surface area contributed by atoms with Crippen molar-refractivity contribution in [2.24, 2.45) is 16.8 Å². The van der Waals surface area contributed by atoms with Crippen LogP contribution in [0.15, 0.2) is 232 Å². The van der Waals surface area contributed by atoms with Gasteiger partial charge in [0.05, 0.1) is 33.8 Å². The number of rotatable bonds is 6. The molecule has 5 heterocycles. The highest BCUT2D eigenvalue weighted by molar-refractivity contribution is 6.21. The average Bonchev–Trinajstić information content (AvgIpc) is 4.21. The van der Waals surface area contributed by atoms with Gasteiger partial charge in [0.2, 0.25) is 0 Å². The summed E-state index contributed by atoms with van der Waals surface area (Å²) in [5.41, 5.74) is 16.2. The Bertz CT molecular complexity index is 4620. The average molecular weight is 940 g/mol. The summed E-state index contributed by atoms with van der Waals surface area (Å²) in [7, 11) is 0. The van der Waals surface area contributed by atoms with E-state index in [0.717, 1.165) is 96.0 Å². The zero-order chi connectivity index (χ0) is 48.3. The second-order valence-electron chi connectivity index (χ2n) is 20.0. The topological polar surface area (TPSA) is 48.5 Å². The number of aliphatic imine (C=N–C) groups is 1. The van der Waals surface area contributed by atoms with Crippen molar-refractivity contribution in [3.05, 3.63) is 235 Å². The molecule has 0 saturated carbocycles. The van der Waals surface area contributed by atoms with Crippen molar-refractivity contribution in [3.8, 4) is 11.4 Å². The van der Waals surface area contributed by atoms with Gasteiger partial charge in [-0.25, -0.2) is 0 Å². The molecule has 348 valence electrons. The van der Waals surface area contributed by atoms with E-state index in [9.17, 15) is 0 Å². The smallest absolute Gasteiger partial charge is 0.142 e. The lowest BCUT2D eigenvalue weighted by molar-refractivity contribution is 0.515. The Kier molecular flexibility index (Phi) is 9.34. The summed E-state index contributed by atoms with van der Waals surface area (Å²) in [5, 5.41) is 11.8. The zero-order valence-corrected chi connectivity index (χ0v) is 40.6. The number of hydrogen-bond donors (Lipinski definition) is 0. The van der Waals surface area contributed by atoms with Gasteiger partial charge in [-0.15, -0.1) is 0 Å². The minimum absolute atomic E-state index is 0.0126. The largest absolute Gasteiger partial charge is 0.456 e. The van der Waals surface area contributed by atoms with Gasteiger partial charge in [-0.1, -0.05) is 172 Å². The minimum Gasteiger partial charge on any atom is -0.456 e. The fourth-order valence-electron chi connectivity index (χ4n) is 12.7. The van der Waals surface area contributed by atoms with Crippen LogP contribution in [-0.2, 0) is 0 Å². The van der Waals surface area contributed by atoms with E-state index in [1.54, 1.807) is 0 Å². The quantitative estimate of drug-likeness (QED) is 0.167. The molecule has 10 aromatic carbocycles. The van der Waals surface area contributed by atoms with Crippen molar-refractivity contribution < 1.29 is 8.83 Å². The van der Waals surface area contributed by atoms with Crippen molar-refractivity contribution in [1.29, 1.82) is 0 Å². The lowest BCUT2D eigenvalue weighted by atomic mass is 9.78. The fraction of sp³-hybridized carbons (Fsp3) is 0.103. The molecule has 15 rings (SSSR count). The van der Waals surface area contributed by atoms with Gasteiger partial charge in [0.15, 0.2) is 0 Å². The molecule has 0 aliphatic carbocycles.